The van der Waals surface area contributed by atoms with Crippen LogP contribution in [0.2, 0.25) is 0 Å². The Kier molecular flexibility index (Phi) is 4.97. The Labute approximate surface area is 138 Å². The van der Waals surface area contributed by atoms with Gasteiger partial charge >= 0.3 is 0 Å². The molecule has 0 unspecified atom stereocenters. The van der Waals surface area contributed by atoms with Crippen molar-refractivity contribution in [3.8, 4) is 5.75 Å². The number of rotatable bonds is 2. The average molecular weight is 318 g/mol. The Morgan fingerprint density at radius 1 is 1.04 bits per heavy atom. The van der Waals surface area contributed by atoms with Gasteiger partial charge in [0.2, 0.25) is 5.91 Å². The van der Waals surface area contributed by atoms with Gasteiger partial charge in [-0.15, -0.1) is 0 Å². The Bertz CT molecular complexity index is 597. The number of aryl methyl sites for hydroxylation is 1. The average Bonchev–Trinajstić information content (AvgIpc) is 2.52. The zero-order valence-electron chi connectivity index (χ0n) is 14.7. The standard InChI is InChI=1S/C18H26N2O3/c1-13-6-7-15(23-5)14(12-13)16(21)19-8-10-20(11-9-19)17(22)18(2,3)4/h6-7,12H,8-11H2,1-5H3. The summed E-state index contributed by atoms with van der Waals surface area (Å²) in [4.78, 5) is 28.7. The van der Waals surface area contributed by atoms with Crippen LogP contribution in [0, 0.1) is 12.3 Å². The number of carbonyl (C=O) groups is 2. The van der Waals surface area contributed by atoms with Crippen LogP contribution in [0.5, 0.6) is 5.75 Å². The molecule has 0 N–H and O–H groups in total. The first-order valence-corrected chi connectivity index (χ1v) is 7.97. The number of methoxy groups -OCH3 is 1. The molecule has 0 atom stereocenters. The van der Waals surface area contributed by atoms with E-state index in [1.54, 1.807) is 12.0 Å². The van der Waals surface area contributed by atoms with Gasteiger partial charge in [0, 0.05) is 31.6 Å². The van der Waals surface area contributed by atoms with Crippen LogP contribution in [0.1, 0.15) is 36.7 Å². The van der Waals surface area contributed by atoms with Crippen molar-refractivity contribution in [3.05, 3.63) is 29.3 Å². The van der Waals surface area contributed by atoms with Gasteiger partial charge in [0.25, 0.3) is 5.91 Å². The van der Waals surface area contributed by atoms with Crippen LogP contribution in [0.25, 0.3) is 0 Å². The van der Waals surface area contributed by atoms with E-state index in [0.717, 1.165) is 5.56 Å². The summed E-state index contributed by atoms with van der Waals surface area (Å²) in [5.41, 5.74) is 1.23. The second kappa shape index (κ2) is 6.60. The number of nitrogens with zero attached hydrogens (tertiary/aromatic N) is 2. The predicted octanol–water partition coefficient (Wildman–Crippen LogP) is 2.33. The third-order valence-corrected chi connectivity index (χ3v) is 4.08. The van der Waals surface area contributed by atoms with Crippen LogP contribution in [0.15, 0.2) is 18.2 Å². The first kappa shape index (κ1) is 17.3. The summed E-state index contributed by atoms with van der Waals surface area (Å²) in [6, 6.07) is 5.60. The summed E-state index contributed by atoms with van der Waals surface area (Å²) in [7, 11) is 1.57. The van der Waals surface area contributed by atoms with Gasteiger partial charge < -0.3 is 14.5 Å². The number of piperazine rings is 1. The molecule has 23 heavy (non-hydrogen) atoms. The molecule has 1 aliphatic rings. The maximum atomic E-state index is 12.7. The van der Waals surface area contributed by atoms with Gasteiger partial charge in [-0.1, -0.05) is 32.4 Å². The molecule has 1 aromatic rings. The number of amides is 2. The molecule has 1 fully saturated rings. The third-order valence-electron chi connectivity index (χ3n) is 4.08. The Morgan fingerprint density at radius 2 is 1.61 bits per heavy atom. The number of carbonyl (C=O) groups excluding carboxylic acids is 2. The largest absolute Gasteiger partial charge is 0.496 e. The maximum Gasteiger partial charge on any atom is 0.257 e. The molecule has 1 heterocycles. The fraction of sp³-hybridized carbons (Fsp3) is 0.556. The van der Waals surface area contributed by atoms with Gasteiger partial charge in [0.1, 0.15) is 5.75 Å². The SMILES string of the molecule is COc1ccc(C)cc1C(=O)N1CCN(C(=O)C(C)(C)C)CC1. The van der Waals surface area contributed by atoms with Gasteiger partial charge in [-0.2, -0.15) is 0 Å². The molecule has 2 rings (SSSR count). The topological polar surface area (TPSA) is 49.9 Å². The molecule has 1 aromatic carbocycles. The van der Waals surface area contributed by atoms with E-state index in [1.165, 1.54) is 0 Å². The van der Waals surface area contributed by atoms with Crippen molar-refractivity contribution < 1.29 is 14.3 Å². The summed E-state index contributed by atoms with van der Waals surface area (Å²) in [6.45, 7) is 9.98. The Hall–Kier alpha value is -2.04. The van der Waals surface area contributed by atoms with Crippen LogP contribution >= 0.6 is 0 Å². The number of ether oxygens (including phenoxy) is 1. The molecular formula is C18H26N2O3. The van der Waals surface area contributed by atoms with E-state index in [0.29, 0.717) is 37.5 Å². The van der Waals surface area contributed by atoms with Crippen molar-refractivity contribution in [2.45, 2.75) is 27.7 Å². The fourth-order valence-electron chi connectivity index (χ4n) is 2.75. The second-order valence-electron chi connectivity index (χ2n) is 7.04. The summed E-state index contributed by atoms with van der Waals surface area (Å²) in [6.07, 6.45) is 0. The van der Waals surface area contributed by atoms with Gasteiger partial charge in [0.05, 0.1) is 12.7 Å². The third kappa shape index (κ3) is 3.84. The Morgan fingerprint density at radius 3 is 2.13 bits per heavy atom. The van der Waals surface area contributed by atoms with Crippen molar-refractivity contribution in [2.75, 3.05) is 33.3 Å². The van der Waals surface area contributed by atoms with Crippen molar-refractivity contribution in [1.29, 1.82) is 0 Å². The molecule has 1 saturated heterocycles. The normalized spacial score (nSPS) is 15.5. The van der Waals surface area contributed by atoms with E-state index >= 15 is 0 Å². The van der Waals surface area contributed by atoms with Gasteiger partial charge in [0.15, 0.2) is 0 Å². The first-order chi connectivity index (χ1) is 10.7. The van der Waals surface area contributed by atoms with Crippen molar-refractivity contribution in [2.24, 2.45) is 5.41 Å². The van der Waals surface area contributed by atoms with Gasteiger partial charge in [-0.25, -0.2) is 0 Å². The molecule has 0 saturated carbocycles. The molecule has 1 aliphatic heterocycles. The lowest BCUT2D eigenvalue weighted by Gasteiger charge is -2.37. The molecule has 2 amide bonds. The van der Waals surface area contributed by atoms with E-state index < -0.39 is 0 Å². The predicted molar refractivity (Wildman–Crippen MR) is 89.7 cm³/mol. The fourth-order valence-corrected chi connectivity index (χ4v) is 2.75. The zero-order valence-corrected chi connectivity index (χ0v) is 14.7. The van der Waals surface area contributed by atoms with E-state index in [4.69, 9.17) is 4.74 Å². The van der Waals surface area contributed by atoms with Gasteiger partial charge in [-0.3, -0.25) is 9.59 Å². The first-order valence-electron chi connectivity index (χ1n) is 7.97. The molecule has 0 aromatic heterocycles. The minimum atomic E-state index is -0.383. The monoisotopic (exact) mass is 318 g/mol. The molecule has 0 aliphatic carbocycles. The minimum absolute atomic E-state index is 0.0339. The van der Waals surface area contributed by atoms with Gasteiger partial charge in [-0.05, 0) is 19.1 Å². The molecule has 0 bridgehead atoms. The molecule has 126 valence electrons. The summed E-state index contributed by atoms with van der Waals surface area (Å²) in [5, 5.41) is 0. The number of hydrogen-bond donors (Lipinski definition) is 0. The highest BCUT2D eigenvalue weighted by molar-refractivity contribution is 5.97. The molecule has 0 spiro atoms. The number of benzene rings is 1. The van der Waals surface area contributed by atoms with Crippen molar-refractivity contribution in [1.82, 2.24) is 9.80 Å². The Balaban J connectivity index is 2.07. The van der Waals surface area contributed by atoms with Crippen LogP contribution < -0.4 is 4.74 Å². The summed E-state index contributed by atoms with van der Waals surface area (Å²) < 4.78 is 5.30. The van der Waals surface area contributed by atoms with E-state index in [9.17, 15) is 9.59 Å². The van der Waals surface area contributed by atoms with Crippen LogP contribution in [0.3, 0.4) is 0 Å². The minimum Gasteiger partial charge on any atom is -0.496 e. The quantitative estimate of drug-likeness (QED) is 0.841. The summed E-state index contributed by atoms with van der Waals surface area (Å²) in [5.74, 6) is 0.694. The maximum absolute atomic E-state index is 12.7. The van der Waals surface area contributed by atoms with Crippen LogP contribution in [-0.2, 0) is 4.79 Å². The molecule has 5 nitrogen and oxygen atoms in total. The highest BCUT2D eigenvalue weighted by Gasteiger charge is 2.31. The van der Waals surface area contributed by atoms with E-state index in [1.807, 2.05) is 50.8 Å². The molecule has 0 radical (unpaired) electrons. The van der Waals surface area contributed by atoms with Crippen molar-refractivity contribution in [3.63, 3.8) is 0 Å². The zero-order chi connectivity index (χ0) is 17.2. The van der Waals surface area contributed by atoms with Crippen molar-refractivity contribution >= 4 is 11.8 Å². The molecule has 5 heteroatoms. The summed E-state index contributed by atoms with van der Waals surface area (Å²) >= 11 is 0. The van der Waals surface area contributed by atoms with Crippen LogP contribution in [-0.4, -0.2) is 54.9 Å². The van der Waals surface area contributed by atoms with E-state index in [2.05, 4.69) is 0 Å². The lowest BCUT2D eigenvalue weighted by atomic mass is 9.94. The smallest absolute Gasteiger partial charge is 0.257 e. The second-order valence-corrected chi connectivity index (χ2v) is 7.04. The molecular weight excluding hydrogens is 292 g/mol. The lowest BCUT2D eigenvalue weighted by molar-refractivity contribution is -0.140. The highest BCUT2D eigenvalue weighted by Crippen LogP contribution is 2.23. The number of hydrogen-bond acceptors (Lipinski definition) is 3. The highest BCUT2D eigenvalue weighted by atomic mass is 16.5. The van der Waals surface area contributed by atoms with E-state index in [-0.39, 0.29) is 17.2 Å². The lowest BCUT2D eigenvalue weighted by Crippen LogP contribution is -2.53. The van der Waals surface area contributed by atoms with Crippen LogP contribution in [0.4, 0.5) is 0 Å².